The van der Waals surface area contributed by atoms with E-state index >= 15 is 0 Å². The molecule has 26 heavy (non-hydrogen) atoms. The fourth-order valence-corrected chi connectivity index (χ4v) is 2.27. The van der Waals surface area contributed by atoms with Gasteiger partial charge in [-0.15, -0.1) is 10.2 Å². The Morgan fingerprint density at radius 3 is 2.38 bits per heavy atom. The summed E-state index contributed by atoms with van der Waals surface area (Å²) < 4.78 is 50.6. The third-order valence-corrected chi connectivity index (χ3v) is 3.86. The zero-order valence-corrected chi connectivity index (χ0v) is 14.4. The highest BCUT2D eigenvalue weighted by atomic mass is 19.4. The van der Waals surface area contributed by atoms with E-state index < -0.39 is 11.8 Å². The standard InChI is InChI=1S/C17H17F3N4O2/c1-16(2,17(18,19)20)26-15-7-5-11(8-21-15)12-4-6-13-22-23-14(10-25-3)24(13)9-12/h4-9H,10H2,1-3H3. The molecule has 0 aliphatic rings. The predicted molar refractivity (Wildman–Crippen MR) is 87.7 cm³/mol. The van der Waals surface area contributed by atoms with Crippen LogP contribution in [0.25, 0.3) is 16.8 Å². The molecular weight excluding hydrogens is 349 g/mol. The van der Waals surface area contributed by atoms with Gasteiger partial charge in [0.2, 0.25) is 5.88 Å². The third-order valence-electron chi connectivity index (χ3n) is 3.86. The van der Waals surface area contributed by atoms with Crippen molar-refractivity contribution in [3.05, 3.63) is 42.5 Å². The molecule has 138 valence electrons. The molecule has 0 bridgehead atoms. The number of hydrogen-bond donors (Lipinski definition) is 0. The van der Waals surface area contributed by atoms with E-state index in [-0.39, 0.29) is 5.88 Å². The molecule has 0 aromatic carbocycles. The van der Waals surface area contributed by atoms with Gasteiger partial charge in [-0.2, -0.15) is 13.2 Å². The lowest BCUT2D eigenvalue weighted by Gasteiger charge is -2.28. The van der Waals surface area contributed by atoms with Crippen LogP contribution in [0, 0.1) is 0 Å². The molecular formula is C17H17F3N4O2. The molecule has 0 saturated carbocycles. The van der Waals surface area contributed by atoms with Gasteiger partial charge in [-0.1, -0.05) is 0 Å². The fraction of sp³-hybridized carbons (Fsp3) is 0.353. The van der Waals surface area contributed by atoms with Crippen molar-refractivity contribution >= 4 is 5.65 Å². The van der Waals surface area contributed by atoms with Gasteiger partial charge in [-0.25, -0.2) is 4.98 Å². The molecule has 9 heteroatoms. The molecule has 3 aromatic rings. The number of nitrogens with zero attached hydrogens (tertiary/aromatic N) is 4. The minimum atomic E-state index is -4.50. The molecule has 3 heterocycles. The highest BCUT2D eigenvalue weighted by Gasteiger charge is 2.50. The Morgan fingerprint density at radius 2 is 1.77 bits per heavy atom. The third kappa shape index (κ3) is 3.48. The van der Waals surface area contributed by atoms with Crippen molar-refractivity contribution in [1.82, 2.24) is 19.6 Å². The van der Waals surface area contributed by atoms with Crippen molar-refractivity contribution in [1.29, 1.82) is 0 Å². The van der Waals surface area contributed by atoms with Crippen LogP contribution in [0.15, 0.2) is 36.7 Å². The molecule has 0 aliphatic carbocycles. The van der Waals surface area contributed by atoms with Gasteiger partial charge in [-0.3, -0.25) is 4.40 Å². The molecule has 0 N–H and O–H groups in total. The van der Waals surface area contributed by atoms with Crippen LogP contribution >= 0.6 is 0 Å². The van der Waals surface area contributed by atoms with Gasteiger partial charge >= 0.3 is 6.18 Å². The number of hydrogen-bond acceptors (Lipinski definition) is 5. The summed E-state index contributed by atoms with van der Waals surface area (Å²) in [5, 5.41) is 8.08. The summed E-state index contributed by atoms with van der Waals surface area (Å²) in [5.74, 6) is 0.547. The molecule has 0 saturated heterocycles. The first-order chi connectivity index (χ1) is 12.2. The van der Waals surface area contributed by atoms with Crippen LogP contribution in [0.4, 0.5) is 13.2 Å². The van der Waals surface area contributed by atoms with Gasteiger partial charge in [0.15, 0.2) is 17.1 Å². The largest absolute Gasteiger partial charge is 0.462 e. The zero-order chi connectivity index (χ0) is 18.9. The fourth-order valence-electron chi connectivity index (χ4n) is 2.27. The van der Waals surface area contributed by atoms with Gasteiger partial charge < -0.3 is 9.47 Å². The molecule has 0 spiro atoms. The molecule has 3 rings (SSSR count). The average molecular weight is 366 g/mol. The smallest absolute Gasteiger partial charge is 0.427 e. The lowest BCUT2D eigenvalue weighted by molar-refractivity contribution is -0.235. The van der Waals surface area contributed by atoms with Crippen LogP contribution in [0.2, 0.25) is 0 Å². The van der Waals surface area contributed by atoms with Crippen LogP contribution in [-0.2, 0) is 11.3 Å². The van der Waals surface area contributed by atoms with Crippen LogP contribution in [0.5, 0.6) is 5.88 Å². The number of rotatable bonds is 5. The zero-order valence-electron chi connectivity index (χ0n) is 14.4. The van der Waals surface area contributed by atoms with E-state index in [0.717, 1.165) is 25.0 Å². The minimum absolute atomic E-state index is 0.0958. The molecule has 0 radical (unpaired) electrons. The predicted octanol–water partition coefficient (Wildman–Crippen LogP) is 3.66. The van der Waals surface area contributed by atoms with Crippen LogP contribution in [0.3, 0.4) is 0 Å². The van der Waals surface area contributed by atoms with Gasteiger partial charge in [0, 0.05) is 36.7 Å². The molecule has 0 amide bonds. The summed E-state index contributed by atoms with van der Waals surface area (Å²) in [7, 11) is 1.57. The number of alkyl halides is 3. The summed E-state index contributed by atoms with van der Waals surface area (Å²) in [4.78, 5) is 3.99. The quantitative estimate of drug-likeness (QED) is 0.690. The van der Waals surface area contributed by atoms with Crippen molar-refractivity contribution < 1.29 is 22.6 Å². The second-order valence-electron chi connectivity index (χ2n) is 6.19. The summed E-state index contributed by atoms with van der Waals surface area (Å²) in [5.41, 5.74) is -0.122. The van der Waals surface area contributed by atoms with E-state index in [4.69, 9.17) is 9.47 Å². The van der Waals surface area contributed by atoms with Crippen molar-refractivity contribution in [3.8, 4) is 17.0 Å². The van der Waals surface area contributed by atoms with Crippen LogP contribution in [0.1, 0.15) is 19.7 Å². The normalized spacial score (nSPS) is 12.5. The van der Waals surface area contributed by atoms with Crippen molar-refractivity contribution in [2.75, 3.05) is 7.11 Å². The highest BCUT2D eigenvalue weighted by molar-refractivity contribution is 5.64. The number of methoxy groups -OCH3 is 1. The van der Waals surface area contributed by atoms with Crippen LogP contribution in [-0.4, -0.2) is 38.5 Å². The topological polar surface area (TPSA) is 61.5 Å². The van der Waals surface area contributed by atoms with Gasteiger partial charge in [-0.05, 0) is 32.0 Å². The molecule has 0 unspecified atom stereocenters. The number of ether oxygens (including phenoxy) is 2. The van der Waals surface area contributed by atoms with E-state index in [0.29, 0.717) is 18.1 Å². The lowest BCUT2D eigenvalue weighted by Crippen LogP contribution is -2.44. The second kappa shape index (κ2) is 6.56. The number of pyridine rings is 2. The first-order valence-electron chi connectivity index (χ1n) is 7.76. The minimum Gasteiger partial charge on any atom is -0.462 e. The van der Waals surface area contributed by atoms with Gasteiger partial charge in [0.05, 0.1) is 0 Å². The Balaban J connectivity index is 1.87. The average Bonchev–Trinajstić information content (AvgIpc) is 2.97. The molecule has 0 fully saturated rings. The Labute approximate surface area is 147 Å². The Kier molecular flexibility index (Phi) is 4.57. The van der Waals surface area contributed by atoms with E-state index in [9.17, 15) is 13.2 Å². The first-order valence-corrected chi connectivity index (χ1v) is 7.76. The van der Waals surface area contributed by atoms with Crippen molar-refractivity contribution in [3.63, 3.8) is 0 Å². The van der Waals surface area contributed by atoms with E-state index in [1.54, 1.807) is 23.6 Å². The summed E-state index contributed by atoms with van der Waals surface area (Å²) in [6, 6.07) is 6.68. The second-order valence-corrected chi connectivity index (χ2v) is 6.19. The van der Waals surface area contributed by atoms with E-state index in [2.05, 4.69) is 15.2 Å². The SMILES string of the molecule is COCc1nnc2ccc(-c3ccc(OC(C)(C)C(F)(F)F)nc3)cn12. The Hall–Kier alpha value is -2.68. The number of fused-ring (bicyclic) bond motifs is 1. The maximum absolute atomic E-state index is 12.9. The monoisotopic (exact) mass is 366 g/mol. The summed E-state index contributed by atoms with van der Waals surface area (Å²) in [6.45, 7) is 2.22. The first kappa shape index (κ1) is 18.1. The summed E-state index contributed by atoms with van der Waals surface area (Å²) >= 11 is 0. The van der Waals surface area contributed by atoms with Gasteiger partial charge in [0.1, 0.15) is 6.61 Å². The molecule has 0 atom stereocenters. The molecule has 0 aliphatic heterocycles. The molecule has 3 aromatic heterocycles. The molecule has 6 nitrogen and oxygen atoms in total. The Morgan fingerprint density at radius 1 is 1.04 bits per heavy atom. The van der Waals surface area contributed by atoms with Gasteiger partial charge in [0.25, 0.3) is 0 Å². The van der Waals surface area contributed by atoms with Crippen LogP contribution < -0.4 is 4.74 Å². The van der Waals surface area contributed by atoms with E-state index in [1.807, 2.05) is 12.3 Å². The van der Waals surface area contributed by atoms with Crippen molar-refractivity contribution in [2.45, 2.75) is 32.2 Å². The highest BCUT2D eigenvalue weighted by Crippen LogP contribution is 2.33. The number of aromatic nitrogens is 4. The summed E-state index contributed by atoms with van der Waals surface area (Å²) in [6.07, 6.45) is -1.21. The Bertz CT molecular complexity index is 905. The van der Waals surface area contributed by atoms with Crippen molar-refractivity contribution in [2.24, 2.45) is 0 Å². The van der Waals surface area contributed by atoms with E-state index in [1.165, 1.54) is 12.3 Å². The maximum Gasteiger partial charge on any atom is 0.427 e. The number of halogens is 3. The maximum atomic E-state index is 12.9. The lowest BCUT2D eigenvalue weighted by atomic mass is 10.1.